The van der Waals surface area contributed by atoms with Gasteiger partial charge in [0.25, 0.3) is 5.91 Å². The van der Waals surface area contributed by atoms with Crippen LogP contribution in [0.25, 0.3) is 0 Å². The van der Waals surface area contributed by atoms with Crippen molar-refractivity contribution < 1.29 is 17.9 Å². The SMILES string of the molecule is COc1ccc([C@H]2CCCN2C(=O)c2cccc(S(C)(=O)=O)c2)cc1. The molecule has 1 amide bonds. The van der Waals surface area contributed by atoms with Crippen LogP contribution in [0.3, 0.4) is 0 Å². The zero-order valence-corrected chi connectivity index (χ0v) is 15.1. The maximum absolute atomic E-state index is 12.9. The number of likely N-dealkylation sites (tertiary alicyclic amines) is 1. The molecule has 0 aliphatic carbocycles. The summed E-state index contributed by atoms with van der Waals surface area (Å²) in [5.74, 6) is 0.643. The summed E-state index contributed by atoms with van der Waals surface area (Å²) < 4.78 is 28.7. The summed E-state index contributed by atoms with van der Waals surface area (Å²) in [6.45, 7) is 0.665. The molecular formula is C19H21NO4S. The average molecular weight is 359 g/mol. The number of ether oxygens (including phenoxy) is 1. The molecule has 0 radical (unpaired) electrons. The van der Waals surface area contributed by atoms with E-state index in [1.165, 1.54) is 12.1 Å². The van der Waals surface area contributed by atoms with Crippen molar-refractivity contribution in [2.75, 3.05) is 19.9 Å². The predicted molar refractivity (Wildman–Crippen MR) is 95.6 cm³/mol. The van der Waals surface area contributed by atoms with Gasteiger partial charge >= 0.3 is 0 Å². The highest BCUT2D eigenvalue weighted by atomic mass is 32.2. The molecule has 1 saturated heterocycles. The molecule has 1 aliphatic heterocycles. The average Bonchev–Trinajstić information content (AvgIpc) is 3.10. The Morgan fingerprint density at radius 1 is 1.16 bits per heavy atom. The van der Waals surface area contributed by atoms with Gasteiger partial charge in [-0.05, 0) is 48.7 Å². The third kappa shape index (κ3) is 3.69. The van der Waals surface area contributed by atoms with E-state index in [0.29, 0.717) is 12.1 Å². The molecule has 2 aromatic rings. The van der Waals surface area contributed by atoms with Crippen molar-refractivity contribution >= 4 is 15.7 Å². The summed E-state index contributed by atoms with van der Waals surface area (Å²) in [4.78, 5) is 14.9. The predicted octanol–water partition coefficient (Wildman–Crippen LogP) is 3.08. The molecule has 0 saturated carbocycles. The van der Waals surface area contributed by atoms with Gasteiger partial charge in [-0.1, -0.05) is 18.2 Å². The largest absolute Gasteiger partial charge is 0.497 e. The molecule has 25 heavy (non-hydrogen) atoms. The van der Waals surface area contributed by atoms with Gasteiger partial charge in [0.2, 0.25) is 0 Å². The third-order valence-corrected chi connectivity index (χ3v) is 5.63. The third-order valence-electron chi connectivity index (χ3n) is 4.52. The maximum Gasteiger partial charge on any atom is 0.254 e. The van der Waals surface area contributed by atoms with E-state index in [1.807, 2.05) is 29.2 Å². The van der Waals surface area contributed by atoms with Gasteiger partial charge in [-0.25, -0.2) is 8.42 Å². The van der Waals surface area contributed by atoms with Gasteiger partial charge in [-0.15, -0.1) is 0 Å². The first-order valence-corrected chi connectivity index (χ1v) is 10.0. The Bertz CT molecular complexity index is 875. The zero-order valence-electron chi connectivity index (χ0n) is 14.3. The summed E-state index contributed by atoms with van der Waals surface area (Å²) in [5, 5.41) is 0. The molecule has 3 rings (SSSR count). The number of rotatable bonds is 4. The monoisotopic (exact) mass is 359 g/mol. The summed E-state index contributed by atoms with van der Waals surface area (Å²) in [6.07, 6.45) is 2.96. The number of methoxy groups -OCH3 is 1. The van der Waals surface area contributed by atoms with E-state index >= 15 is 0 Å². The van der Waals surface area contributed by atoms with Crippen LogP contribution in [0.5, 0.6) is 5.75 Å². The molecule has 1 fully saturated rings. The number of amides is 1. The minimum Gasteiger partial charge on any atom is -0.497 e. The fraction of sp³-hybridized carbons (Fsp3) is 0.316. The van der Waals surface area contributed by atoms with Crippen molar-refractivity contribution in [3.05, 3.63) is 59.7 Å². The number of benzene rings is 2. The van der Waals surface area contributed by atoms with Gasteiger partial charge in [0, 0.05) is 18.4 Å². The first-order chi connectivity index (χ1) is 11.9. The highest BCUT2D eigenvalue weighted by molar-refractivity contribution is 7.90. The molecule has 1 heterocycles. The summed E-state index contributed by atoms with van der Waals surface area (Å²) in [6, 6.07) is 14.0. The molecule has 132 valence electrons. The normalized spacial score (nSPS) is 17.5. The Morgan fingerprint density at radius 2 is 1.88 bits per heavy atom. The number of hydrogen-bond acceptors (Lipinski definition) is 4. The molecule has 2 aromatic carbocycles. The van der Waals surface area contributed by atoms with Gasteiger partial charge in [0.1, 0.15) is 5.75 Å². The lowest BCUT2D eigenvalue weighted by Gasteiger charge is -2.25. The number of carbonyl (C=O) groups is 1. The Labute approximate surface area is 148 Å². The second-order valence-corrected chi connectivity index (χ2v) is 8.25. The first kappa shape index (κ1) is 17.5. The second kappa shape index (κ2) is 6.88. The van der Waals surface area contributed by atoms with E-state index in [4.69, 9.17) is 4.74 Å². The van der Waals surface area contributed by atoms with Crippen molar-refractivity contribution in [1.29, 1.82) is 0 Å². The lowest BCUT2D eigenvalue weighted by Crippen LogP contribution is -2.30. The van der Waals surface area contributed by atoms with Crippen LogP contribution in [-0.2, 0) is 9.84 Å². The van der Waals surface area contributed by atoms with Crippen molar-refractivity contribution in [2.45, 2.75) is 23.8 Å². The lowest BCUT2D eigenvalue weighted by molar-refractivity contribution is 0.0735. The van der Waals surface area contributed by atoms with E-state index in [-0.39, 0.29) is 16.8 Å². The van der Waals surface area contributed by atoms with E-state index in [9.17, 15) is 13.2 Å². The minimum atomic E-state index is -3.34. The molecule has 0 aromatic heterocycles. The van der Waals surface area contributed by atoms with Crippen LogP contribution in [0, 0.1) is 0 Å². The lowest BCUT2D eigenvalue weighted by atomic mass is 10.0. The smallest absolute Gasteiger partial charge is 0.254 e. The van der Waals surface area contributed by atoms with E-state index < -0.39 is 9.84 Å². The number of carbonyl (C=O) groups excluding carboxylic acids is 1. The van der Waals surface area contributed by atoms with Crippen LogP contribution in [0.4, 0.5) is 0 Å². The molecule has 0 bridgehead atoms. The Balaban J connectivity index is 1.88. The van der Waals surface area contributed by atoms with Crippen molar-refractivity contribution in [1.82, 2.24) is 4.90 Å². The van der Waals surface area contributed by atoms with Crippen LogP contribution < -0.4 is 4.74 Å². The Hall–Kier alpha value is -2.34. The van der Waals surface area contributed by atoms with Crippen LogP contribution in [-0.4, -0.2) is 39.1 Å². The topological polar surface area (TPSA) is 63.7 Å². The van der Waals surface area contributed by atoms with Crippen molar-refractivity contribution in [3.8, 4) is 5.75 Å². The molecule has 1 atom stereocenters. The maximum atomic E-state index is 12.9. The standard InChI is InChI=1S/C19H21NO4S/c1-24-16-10-8-14(9-11-16)18-7-4-12-20(18)19(21)15-5-3-6-17(13-15)25(2,22)23/h3,5-6,8-11,13,18H,4,7,12H2,1-2H3/t18-/m1/s1. The van der Waals surface area contributed by atoms with Gasteiger partial charge in [0.15, 0.2) is 9.84 Å². The van der Waals surface area contributed by atoms with Crippen LogP contribution >= 0.6 is 0 Å². The van der Waals surface area contributed by atoms with E-state index in [0.717, 1.165) is 30.4 Å². The highest BCUT2D eigenvalue weighted by Gasteiger charge is 2.30. The molecule has 6 heteroatoms. The van der Waals surface area contributed by atoms with Gasteiger partial charge in [-0.3, -0.25) is 4.79 Å². The molecule has 5 nitrogen and oxygen atoms in total. The highest BCUT2D eigenvalue weighted by Crippen LogP contribution is 2.34. The Morgan fingerprint density at radius 3 is 2.52 bits per heavy atom. The quantitative estimate of drug-likeness (QED) is 0.842. The second-order valence-electron chi connectivity index (χ2n) is 6.23. The number of hydrogen-bond donors (Lipinski definition) is 0. The zero-order chi connectivity index (χ0) is 18.0. The summed E-state index contributed by atoms with van der Waals surface area (Å²) in [7, 11) is -1.72. The van der Waals surface area contributed by atoms with Crippen LogP contribution in [0.15, 0.2) is 53.4 Å². The van der Waals surface area contributed by atoms with Gasteiger partial charge < -0.3 is 9.64 Å². The van der Waals surface area contributed by atoms with E-state index in [1.54, 1.807) is 19.2 Å². The van der Waals surface area contributed by atoms with Gasteiger partial charge in [-0.2, -0.15) is 0 Å². The molecule has 0 spiro atoms. The number of nitrogens with zero attached hydrogens (tertiary/aromatic N) is 1. The van der Waals surface area contributed by atoms with Crippen LogP contribution in [0.1, 0.15) is 34.8 Å². The molecule has 0 N–H and O–H groups in total. The number of sulfone groups is 1. The molecular weight excluding hydrogens is 338 g/mol. The van der Waals surface area contributed by atoms with Crippen molar-refractivity contribution in [3.63, 3.8) is 0 Å². The molecule has 0 unspecified atom stereocenters. The summed E-state index contributed by atoms with van der Waals surface area (Å²) in [5.41, 5.74) is 1.47. The van der Waals surface area contributed by atoms with Gasteiger partial charge in [0.05, 0.1) is 18.0 Å². The van der Waals surface area contributed by atoms with Crippen molar-refractivity contribution in [2.24, 2.45) is 0 Å². The van der Waals surface area contributed by atoms with Crippen LogP contribution in [0.2, 0.25) is 0 Å². The first-order valence-electron chi connectivity index (χ1n) is 8.15. The molecule has 1 aliphatic rings. The fourth-order valence-electron chi connectivity index (χ4n) is 3.21. The minimum absolute atomic E-state index is 0.000274. The Kier molecular flexibility index (Phi) is 4.81. The van der Waals surface area contributed by atoms with E-state index in [2.05, 4.69) is 0 Å². The fourth-order valence-corrected chi connectivity index (χ4v) is 3.87. The summed E-state index contributed by atoms with van der Waals surface area (Å²) >= 11 is 0.